The summed E-state index contributed by atoms with van der Waals surface area (Å²) in [5.74, 6) is 2.37. The first-order valence-corrected chi connectivity index (χ1v) is 15.5. The fourth-order valence-electron chi connectivity index (χ4n) is 6.47. The number of aromatic nitrogens is 1. The Labute approximate surface area is 266 Å². The van der Waals surface area contributed by atoms with Crippen molar-refractivity contribution in [2.24, 2.45) is 9.98 Å². The monoisotopic (exact) mass is 595 g/mol. The van der Waals surface area contributed by atoms with E-state index in [4.69, 9.17) is 14.7 Å². The van der Waals surface area contributed by atoms with Gasteiger partial charge in [-0.2, -0.15) is 0 Å². The largest absolute Gasteiger partial charge is 0.464 e. The van der Waals surface area contributed by atoms with Crippen molar-refractivity contribution in [2.45, 2.75) is 12.4 Å². The van der Waals surface area contributed by atoms with Crippen LogP contribution in [-0.2, 0) is 0 Å². The van der Waals surface area contributed by atoms with Gasteiger partial charge < -0.3 is 19.9 Å². The number of hydrogen-bond acceptors (Lipinski definition) is 5. The number of nitrogens with zero attached hydrogens (tertiary/aromatic N) is 3. The molecule has 7 aromatic rings. The molecule has 2 aliphatic rings. The molecule has 0 saturated carbocycles. The van der Waals surface area contributed by atoms with Crippen LogP contribution in [0.2, 0.25) is 0 Å². The lowest BCUT2D eigenvalue weighted by atomic mass is 10.1. The minimum Gasteiger partial charge on any atom is -0.464 e. The minimum absolute atomic E-state index is 0.222. The minimum atomic E-state index is -0.318. The molecule has 0 radical (unpaired) electrons. The third kappa shape index (κ3) is 4.50. The predicted octanol–water partition coefficient (Wildman–Crippen LogP) is 8.78. The maximum atomic E-state index is 6.40. The summed E-state index contributed by atoms with van der Waals surface area (Å²) in [5, 5.41) is 9.53. The molecule has 0 amide bonds. The van der Waals surface area contributed by atoms with Gasteiger partial charge in [-0.15, -0.1) is 0 Å². The molecule has 0 aliphatic carbocycles. The molecule has 6 nitrogen and oxygen atoms in total. The van der Waals surface area contributed by atoms with Gasteiger partial charge in [0.15, 0.2) is 12.1 Å². The number of aliphatic imine (C=N–C) groups is 2. The van der Waals surface area contributed by atoms with Crippen LogP contribution in [0.25, 0.3) is 27.5 Å². The van der Waals surface area contributed by atoms with E-state index in [-0.39, 0.29) is 12.4 Å². The number of rotatable bonds is 5. The Morgan fingerprint density at radius 3 is 2.07 bits per heavy atom. The molecule has 6 aromatic carbocycles. The number of anilines is 1. The Balaban J connectivity index is 1.15. The SMILES string of the molecule is c1ccc(C2=NC(c3cccc(-n4c5ccccc5c5cc6c(cc54)NC(c4ccccc4)O6)c3)NC(c3ccccc3)=N2)cc1. The summed E-state index contributed by atoms with van der Waals surface area (Å²) in [7, 11) is 0. The van der Waals surface area contributed by atoms with E-state index in [1.165, 1.54) is 5.39 Å². The average Bonchev–Trinajstić information content (AvgIpc) is 3.70. The van der Waals surface area contributed by atoms with E-state index in [0.717, 1.165) is 61.6 Å². The van der Waals surface area contributed by atoms with Gasteiger partial charge >= 0.3 is 0 Å². The lowest BCUT2D eigenvalue weighted by molar-refractivity contribution is 0.260. The molecule has 0 spiro atoms. The number of benzene rings is 6. The van der Waals surface area contributed by atoms with Gasteiger partial charge in [0.2, 0.25) is 0 Å². The number of ether oxygens (including phenoxy) is 1. The van der Waals surface area contributed by atoms with Crippen molar-refractivity contribution < 1.29 is 4.74 Å². The number of fused-ring (bicyclic) bond motifs is 4. The quantitative estimate of drug-likeness (QED) is 0.209. The summed E-state index contributed by atoms with van der Waals surface area (Å²) in [6, 6.07) is 52.2. The fourth-order valence-corrected chi connectivity index (χ4v) is 6.47. The Bertz CT molecular complexity index is 2290. The molecule has 46 heavy (non-hydrogen) atoms. The number of hydrogen-bond donors (Lipinski definition) is 2. The normalized spacial score (nSPS) is 17.0. The number of para-hydroxylation sites is 1. The van der Waals surface area contributed by atoms with Crippen LogP contribution in [0, 0.1) is 0 Å². The highest BCUT2D eigenvalue weighted by Gasteiger charge is 2.26. The van der Waals surface area contributed by atoms with Gasteiger partial charge in [0.05, 0.1) is 16.7 Å². The molecule has 2 atom stereocenters. The Kier molecular flexibility index (Phi) is 6.16. The molecule has 0 saturated heterocycles. The van der Waals surface area contributed by atoms with Gasteiger partial charge in [0.1, 0.15) is 17.8 Å². The standard InChI is InChI=1S/C40H29N5O/c1-4-13-26(14-5-1)37-42-38(27-15-6-2-7-16-27)44-39(43-37)29-19-12-20-30(23-29)45-34-22-11-10-21-31(34)32-24-36-33(25-35(32)45)41-40(46-36)28-17-8-3-9-18-28/h1-25,39-41H,(H,42,43,44). The maximum Gasteiger partial charge on any atom is 0.196 e. The zero-order valence-corrected chi connectivity index (χ0v) is 24.8. The van der Waals surface area contributed by atoms with Crippen molar-refractivity contribution in [3.63, 3.8) is 0 Å². The summed E-state index contributed by atoms with van der Waals surface area (Å²) >= 11 is 0. The first kappa shape index (κ1) is 26.3. The topological polar surface area (TPSA) is 62.9 Å². The molecule has 220 valence electrons. The lowest BCUT2D eigenvalue weighted by Crippen LogP contribution is -2.33. The molecule has 2 N–H and O–H groups in total. The van der Waals surface area contributed by atoms with E-state index in [1.54, 1.807) is 0 Å². The molecular formula is C40H29N5O. The lowest BCUT2D eigenvalue weighted by Gasteiger charge is -2.24. The predicted molar refractivity (Wildman–Crippen MR) is 186 cm³/mol. The van der Waals surface area contributed by atoms with Crippen molar-refractivity contribution in [1.29, 1.82) is 0 Å². The Hall–Kier alpha value is -6.14. The molecule has 0 fully saturated rings. The van der Waals surface area contributed by atoms with E-state index in [0.29, 0.717) is 5.84 Å². The van der Waals surface area contributed by atoms with Gasteiger partial charge in [-0.25, -0.2) is 9.98 Å². The molecule has 9 rings (SSSR count). The van der Waals surface area contributed by atoms with Crippen LogP contribution < -0.4 is 15.4 Å². The third-order valence-electron chi connectivity index (χ3n) is 8.67. The summed E-state index contributed by atoms with van der Waals surface area (Å²) < 4.78 is 8.74. The van der Waals surface area contributed by atoms with E-state index < -0.39 is 0 Å². The van der Waals surface area contributed by atoms with Crippen LogP contribution in [-0.4, -0.2) is 16.2 Å². The Morgan fingerprint density at radius 2 is 1.26 bits per heavy atom. The van der Waals surface area contributed by atoms with Crippen molar-refractivity contribution in [1.82, 2.24) is 9.88 Å². The van der Waals surface area contributed by atoms with Gasteiger partial charge in [0.25, 0.3) is 0 Å². The zero-order valence-electron chi connectivity index (χ0n) is 24.8. The molecule has 2 unspecified atom stereocenters. The van der Waals surface area contributed by atoms with Crippen LogP contribution >= 0.6 is 0 Å². The highest BCUT2D eigenvalue weighted by atomic mass is 16.5. The number of amidine groups is 2. The maximum absolute atomic E-state index is 6.40. The van der Waals surface area contributed by atoms with Crippen molar-refractivity contribution in [3.8, 4) is 11.4 Å². The number of nitrogens with one attached hydrogen (secondary N) is 2. The molecule has 0 bridgehead atoms. The van der Waals surface area contributed by atoms with Gasteiger partial charge in [-0.1, -0.05) is 121 Å². The van der Waals surface area contributed by atoms with Crippen molar-refractivity contribution in [2.75, 3.05) is 5.32 Å². The van der Waals surface area contributed by atoms with Gasteiger partial charge in [0, 0.05) is 33.2 Å². The van der Waals surface area contributed by atoms with Crippen LogP contribution in [0.3, 0.4) is 0 Å². The fraction of sp³-hybridized carbons (Fsp3) is 0.0500. The second kappa shape index (κ2) is 10.8. The smallest absolute Gasteiger partial charge is 0.196 e. The van der Waals surface area contributed by atoms with Crippen LogP contribution in [0.15, 0.2) is 162 Å². The summed E-state index contributed by atoms with van der Waals surface area (Å²) in [4.78, 5) is 10.1. The van der Waals surface area contributed by atoms with E-state index in [9.17, 15) is 0 Å². The first-order valence-electron chi connectivity index (χ1n) is 15.5. The van der Waals surface area contributed by atoms with E-state index in [2.05, 4.69) is 112 Å². The third-order valence-corrected chi connectivity index (χ3v) is 8.67. The molecule has 6 heteroatoms. The second-order valence-electron chi connectivity index (χ2n) is 11.6. The highest BCUT2D eigenvalue weighted by Crippen LogP contribution is 2.44. The van der Waals surface area contributed by atoms with Crippen LogP contribution in [0.5, 0.6) is 5.75 Å². The van der Waals surface area contributed by atoms with Crippen molar-refractivity contribution in [3.05, 3.63) is 174 Å². The molecular weight excluding hydrogens is 566 g/mol. The van der Waals surface area contributed by atoms with Crippen LogP contribution in [0.4, 0.5) is 5.69 Å². The molecule has 2 aliphatic heterocycles. The van der Waals surface area contributed by atoms with Gasteiger partial charge in [-0.3, -0.25) is 0 Å². The summed E-state index contributed by atoms with van der Waals surface area (Å²) in [6.07, 6.45) is -0.540. The zero-order chi connectivity index (χ0) is 30.5. The highest BCUT2D eigenvalue weighted by molar-refractivity contribution is 6.13. The Morgan fingerprint density at radius 1 is 0.565 bits per heavy atom. The summed E-state index contributed by atoms with van der Waals surface area (Å²) in [6.45, 7) is 0. The average molecular weight is 596 g/mol. The van der Waals surface area contributed by atoms with Crippen molar-refractivity contribution >= 4 is 39.2 Å². The van der Waals surface area contributed by atoms with Gasteiger partial charge in [-0.05, 0) is 35.9 Å². The molecule has 1 aromatic heterocycles. The molecule has 3 heterocycles. The van der Waals surface area contributed by atoms with E-state index >= 15 is 0 Å². The first-order chi connectivity index (χ1) is 22.8. The second-order valence-corrected chi connectivity index (χ2v) is 11.6. The summed E-state index contributed by atoms with van der Waals surface area (Å²) in [5.41, 5.74) is 8.43. The van der Waals surface area contributed by atoms with E-state index in [1.807, 2.05) is 54.6 Å². The van der Waals surface area contributed by atoms with Crippen LogP contribution in [0.1, 0.15) is 34.6 Å².